The SMILES string of the molecule is C=CCCCCc1ccc(C#Cc2ccc(-c3ccc(C)cc3F)cc2)cc1. The molecule has 1 heteroatoms. The smallest absolute Gasteiger partial charge is 0.131 e. The van der Waals surface area contributed by atoms with Crippen LogP contribution in [-0.2, 0) is 6.42 Å². The second-order valence-electron chi connectivity index (χ2n) is 7.04. The fourth-order valence-corrected chi connectivity index (χ4v) is 3.10. The molecule has 0 aliphatic rings. The number of aryl methyl sites for hydroxylation is 2. The largest absolute Gasteiger partial charge is 0.206 e. The van der Waals surface area contributed by atoms with Crippen molar-refractivity contribution in [3.05, 3.63) is 107 Å². The molecule has 0 aliphatic carbocycles. The van der Waals surface area contributed by atoms with Gasteiger partial charge in [-0.3, -0.25) is 0 Å². The van der Waals surface area contributed by atoms with Crippen LogP contribution < -0.4 is 0 Å². The number of unbranched alkanes of at least 4 members (excludes halogenated alkanes) is 2. The minimum absolute atomic E-state index is 0.191. The summed E-state index contributed by atoms with van der Waals surface area (Å²) in [7, 11) is 0. The molecule has 0 heterocycles. The summed E-state index contributed by atoms with van der Waals surface area (Å²) < 4.78 is 14.1. The quantitative estimate of drug-likeness (QED) is 0.247. The number of benzene rings is 3. The van der Waals surface area contributed by atoms with Gasteiger partial charge in [0.1, 0.15) is 5.82 Å². The zero-order valence-electron chi connectivity index (χ0n) is 16.3. The average molecular weight is 368 g/mol. The summed E-state index contributed by atoms with van der Waals surface area (Å²) in [6.45, 7) is 5.65. The minimum atomic E-state index is -0.191. The first-order valence-electron chi connectivity index (χ1n) is 9.74. The maximum absolute atomic E-state index is 14.1. The normalized spacial score (nSPS) is 10.2. The van der Waals surface area contributed by atoms with E-state index in [0.717, 1.165) is 35.1 Å². The Labute approximate surface area is 167 Å². The second kappa shape index (κ2) is 9.72. The Morgan fingerprint density at radius 3 is 2.11 bits per heavy atom. The molecule has 0 unspecified atom stereocenters. The topological polar surface area (TPSA) is 0 Å². The summed E-state index contributed by atoms with van der Waals surface area (Å²) in [6, 6.07) is 21.5. The van der Waals surface area contributed by atoms with Crippen LogP contribution in [-0.4, -0.2) is 0 Å². The molecule has 0 aliphatic heterocycles. The predicted octanol–water partition coefficient (Wildman–Crippen LogP) is 7.10. The van der Waals surface area contributed by atoms with Gasteiger partial charge in [-0.25, -0.2) is 4.39 Å². The highest BCUT2D eigenvalue weighted by Crippen LogP contribution is 2.23. The van der Waals surface area contributed by atoms with Gasteiger partial charge in [0, 0.05) is 16.7 Å². The van der Waals surface area contributed by atoms with Crippen LogP contribution >= 0.6 is 0 Å². The number of halogens is 1. The average Bonchev–Trinajstić information content (AvgIpc) is 2.71. The van der Waals surface area contributed by atoms with Crippen LogP contribution in [0.2, 0.25) is 0 Å². The van der Waals surface area contributed by atoms with Gasteiger partial charge in [-0.1, -0.05) is 54.3 Å². The highest BCUT2D eigenvalue weighted by atomic mass is 19.1. The molecule has 0 N–H and O–H groups in total. The van der Waals surface area contributed by atoms with Gasteiger partial charge in [-0.05, 0) is 79.6 Å². The van der Waals surface area contributed by atoms with Crippen molar-refractivity contribution in [2.75, 3.05) is 0 Å². The van der Waals surface area contributed by atoms with Gasteiger partial charge < -0.3 is 0 Å². The standard InChI is InChI=1S/C27H25F/c1-3-4-5-6-7-22-9-11-23(12-10-22)13-14-24-15-17-25(18-16-24)26-19-8-21(2)20-27(26)28/h3,8-12,15-20H,1,4-7H2,2H3. The minimum Gasteiger partial charge on any atom is -0.206 e. The third-order valence-electron chi connectivity index (χ3n) is 4.75. The fraction of sp³-hybridized carbons (Fsp3) is 0.185. The van der Waals surface area contributed by atoms with E-state index in [2.05, 4.69) is 42.7 Å². The summed E-state index contributed by atoms with van der Waals surface area (Å²) in [6.07, 6.45) is 6.53. The van der Waals surface area contributed by atoms with Crippen LogP contribution in [0.3, 0.4) is 0 Å². The molecule has 3 aromatic carbocycles. The molecular weight excluding hydrogens is 343 g/mol. The summed E-state index contributed by atoms with van der Waals surface area (Å²) in [5.74, 6) is 6.20. The molecule has 0 amide bonds. The van der Waals surface area contributed by atoms with E-state index in [4.69, 9.17) is 0 Å². The maximum Gasteiger partial charge on any atom is 0.131 e. The van der Waals surface area contributed by atoms with Crippen molar-refractivity contribution in [1.29, 1.82) is 0 Å². The van der Waals surface area contributed by atoms with Gasteiger partial charge in [0.15, 0.2) is 0 Å². The lowest BCUT2D eigenvalue weighted by Crippen LogP contribution is -1.86. The van der Waals surface area contributed by atoms with Crippen molar-refractivity contribution in [1.82, 2.24) is 0 Å². The Hall–Kier alpha value is -3.11. The molecule has 0 spiro atoms. The second-order valence-corrected chi connectivity index (χ2v) is 7.04. The highest BCUT2D eigenvalue weighted by molar-refractivity contribution is 5.65. The van der Waals surface area contributed by atoms with Crippen LogP contribution in [0.5, 0.6) is 0 Å². The Bertz CT molecular complexity index is 983. The van der Waals surface area contributed by atoms with E-state index in [1.807, 2.05) is 49.4 Å². The lowest BCUT2D eigenvalue weighted by molar-refractivity contribution is 0.630. The first-order chi connectivity index (χ1) is 13.7. The predicted molar refractivity (Wildman–Crippen MR) is 117 cm³/mol. The molecule has 3 aromatic rings. The zero-order chi connectivity index (χ0) is 19.8. The van der Waals surface area contributed by atoms with Crippen molar-refractivity contribution < 1.29 is 4.39 Å². The van der Waals surface area contributed by atoms with Gasteiger partial charge >= 0.3 is 0 Å². The summed E-state index contributed by atoms with van der Waals surface area (Å²) in [5, 5.41) is 0. The third-order valence-corrected chi connectivity index (χ3v) is 4.75. The van der Waals surface area contributed by atoms with Crippen molar-refractivity contribution in [3.63, 3.8) is 0 Å². The van der Waals surface area contributed by atoms with Gasteiger partial charge in [0.25, 0.3) is 0 Å². The Morgan fingerprint density at radius 1 is 0.857 bits per heavy atom. The zero-order valence-corrected chi connectivity index (χ0v) is 16.3. The molecule has 0 saturated carbocycles. The molecule has 0 fully saturated rings. The van der Waals surface area contributed by atoms with E-state index in [9.17, 15) is 4.39 Å². The number of allylic oxidation sites excluding steroid dienone is 1. The van der Waals surface area contributed by atoms with Gasteiger partial charge in [0.2, 0.25) is 0 Å². The van der Waals surface area contributed by atoms with Crippen molar-refractivity contribution >= 4 is 0 Å². The third kappa shape index (κ3) is 5.44. The fourth-order valence-electron chi connectivity index (χ4n) is 3.10. The first kappa shape index (κ1) is 19.6. The van der Waals surface area contributed by atoms with E-state index in [0.29, 0.717) is 5.56 Å². The van der Waals surface area contributed by atoms with E-state index in [1.165, 1.54) is 18.4 Å². The number of hydrogen-bond donors (Lipinski definition) is 0. The Kier molecular flexibility index (Phi) is 6.82. The van der Waals surface area contributed by atoms with Crippen LogP contribution in [0.25, 0.3) is 11.1 Å². The molecule has 0 nitrogen and oxygen atoms in total. The van der Waals surface area contributed by atoms with E-state index in [1.54, 1.807) is 6.07 Å². The van der Waals surface area contributed by atoms with Crippen molar-refractivity contribution in [3.8, 4) is 23.0 Å². The Balaban J connectivity index is 1.64. The van der Waals surface area contributed by atoms with Crippen LogP contribution in [0.4, 0.5) is 4.39 Å². The molecule has 28 heavy (non-hydrogen) atoms. The monoisotopic (exact) mass is 368 g/mol. The van der Waals surface area contributed by atoms with E-state index >= 15 is 0 Å². The molecule has 0 aromatic heterocycles. The molecule has 0 saturated heterocycles. The van der Waals surface area contributed by atoms with Crippen LogP contribution in [0.15, 0.2) is 79.4 Å². The Morgan fingerprint density at radius 2 is 1.50 bits per heavy atom. The van der Waals surface area contributed by atoms with Gasteiger partial charge in [-0.15, -0.1) is 6.58 Å². The lowest BCUT2D eigenvalue weighted by Gasteiger charge is -2.04. The lowest BCUT2D eigenvalue weighted by atomic mass is 10.0. The summed E-state index contributed by atoms with van der Waals surface area (Å²) >= 11 is 0. The first-order valence-corrected chi connectivity index (χ1v) is 9.74. The van der Waals surface area contributed by atoms with Crippen molar-refractivity contribution in [2.24, 2.45) is 0 Å². The van der Waals surface area contributed by atoms with Gasteiger partial charge in [-0.2, -0.15) is 0 Å². The van der Waals surface area contributed by atoms with E-state index in [-0.39, 0.29) is 5.82 Å². The van der Waals surface area contributed by atoms with Crippen LogP contribution in [0.1, 0.15) is 41.5 Å². The maximum atomic E-state index is 14.1. The molecule has 0 atom stereocenters. The molecule has 0 bridgehead atoms. The number of hydrogen-bond acceptors (Lipinski definition) is 0. The highest BCUT2D eigenvalue weighted by Gasteiger charge is 2.04. The van der Waals surface area contributed by atoms with E-state index < -0.39 is 0 Å². The summed E-state index contributed by atoms with van der Waals surface area (Å²) in [5.41, 5.74) is 5.68. The van der Waals surface area contributed by atoms with Crippen molar-refractivity contribution in [2.45, 2.75) is 32.6 Å². The molecular formula is C27H25F. The van der Waals surface area contributed by atoms with Crippen LogP contribution in [0, 0.1) is 24.6 Å². The number of rotatable bonds is 6. The molecule has 3 rings (SSSR count). The molecule has 0 radical (unpaired) electrons. The van der Waals surface area contributed by atoms with Gasteiger partial charge in [0.05, 0.1) is 0 Å². The molecule has 140 valence electrons. The summed E-state index contributed by atoms with van der Waals surface area (Å²) in [4.78, 5) is 0.